The van der Waals surface area contributed by atoms with Crippen LogP contribution < -0.4 is 4.65 Å². The highest BCUT2D eigenvalue weighted by Gasteiger charge is 2.46. The highest BCUT2D eigenvalue weighted by atomic mass is 127. The van der Waals surface area contributed by atoms with E-state index in [2.05, 4.69) is 55.4 Å². The third kappa shape index (κ3) is 4.19. The lowest BCUT2D eigenvalue weighted by atomic mass is 10.3. The van der Waals surface area contributed by atoms with Crippen molar-refractivity contribution < 1.29 is 9.53 Å². The fourth-order valence-corrected chi connectivity index (χ4v) is 5.55. The van der Waals surface area contributed by atoms with Gasteiger partial charge in [-0.3, -0.25) is 4.65 Å². The first-order valence-corrected chi connectivity index (χ1v) is 11.8. The van der Waals surface area contributed by atoms with E-state index in [9.17, 15) is 10.0 Å². The molecule has 0 aliphatic carbocycles. The van der Waals surface area contributed by atoms with Gasteiger partial charge in [-0.15, -0.1) is 0 Å². The zero-order chi connectivity index (χ0) is 20.6. The van der Waals surface area contributed by atoms with Gasteiger partial charge in [-0.05, 0) is 75.3 Å². The van der Waals surface area contributed by atoms with Gasteiger partial charge in [-0.1, -0.05) is 18.3 Å². The predicted octanol–water partition coefficient (Wildman–Crippen LogP) is 4.73. The first-order valence-electron chi connectivity index (χ1n) is 9.10. The van der Waals surface area contributed by atoms with E-state index >= 15 is 0 Å². The van der Waals surface area contributed by atoms with E-state index in [0.29, 0.717) is 21.8 Å². The van der Waals surface area contributed by atoms with E-state index in [0.717, 1.165) is 26.8 Å². The Kier molecular flexibility index (Phi) is 6.19. The molecular formula is C19H18BrIN4O3S. The second kappa shape index (κ2) is 8.52. The molecule has 0 N–H and O–H groups in total. The number of rotatable bonds is 5. The van der Waals surface area contributed by atoms with Crippen LogP contribution in [0, 0.1) is 8.78 Å². The SMILES string of the molecule is CCCN1CC(OC(=O)c2cccnc2Br)[N+]([O-])(c2nc3ccc(I)cc3s2)C1. The monoisotopic (exact) mass is 588 g/mol. The van der Waals surface area contributed by atoms with Crippen molar-refractivity contribution in [2.45, 2.75) is 19.6 Å². The lowest BCUT2D eigenvalue weighted by molar-refractivity contribution is 0.00550. The molecule has 2 aromatic heterocycles. The number of thiazole rings is 1. The molecule has 0 amide bonds. The molecule has 10 heteroatoms. The van der Waals surface area contributed by atoms with Gasteiger partial charge in [0.25, 0.3) is 11.4 Å². The van der Waals surface area contributed by atoms with Crippen molar-refractivity contribution in [3.63, 3.8) is 0 Å². The number of benzene rings is 1. The van der Waals surface area contributed by atoms with Gasteiger partial charge in [0.1, 0.15) is 11.3 Å². The smallest absolute Gasteiger partial charge is 0.345 e. The number of carbonyl (C=O) groups is 1. The molecule has 0 spiro atoms. The average Bonchev–Trinajstić information content (AvgIpc) is 3.24. The number of nitrogens with zero attached hydrogens (tertiary/aromatic N) is 4. The zero-order valence-electron chi connectivity index (χ0n) is 15.5. The molecule has 0 radical (unpaired) electrons. The number of fused-ring (bicyclic) bond motifs is 1. The molecule has 29 heavy (non-hydrogen) atoms. The molecule has 1 aromatic carbocycles. The molecule has 0 saturated carbocycles. The fraction of sp³-hybridized carbons (Fsp3) is 0.316. The summed E-state index contributed by atoms with van der Waals surface area (Å²) < 4.78 is 7.36. The highest BCUT2D eigenvalue weighted by molar-refractivity contribution is 14.1. The summed E-state index contributed by atoms with van der Waals surface area (Å²) in [5.74, 6) is -0.567. The van der Waals surface area contributed by atoms with Crippen LogP contribution in [-0.2, 0) is 4.74 Å². The lowest BCUT2D eigenvalue weighted by Crippen LogP contribution is -2.50. The minimum Gasteiger partial charge on any atom is -0.622 e. The van der Waals surface area contributed by atoms with Gasteiger partial charge in [0.05, 0.1) is 22.3 Å². The molecule has 2 atom stereocenters. The first-order chi connectivity index (χ1) is 13.9. The predicted molar refractivity (Wildman–Crippen MR) is 125 cm³/mol. The molecule has 1 saturated heterocycles. The zero-order valence-corrected chi connectivity index (χ0v) is 20.1. The van der Waals surface area contributed by atoms with E-state index in [1.807, 2.05) is 23.1 Å². The number of hydrogen-bond acceptors (Lipinski definition) is 7. The molecule has 3 aromatic rings. The van der Waals surface area contributed by atoms with Gasteiger partial charge in [0, 0.05) is 16.3 Å². The van der Waals surface area contributed by atoms with E-state index < -0.39 is 16.8 Å². The van der Waals surface area contributed by atoms with Crippen LogP contribution in [0.2, 0.25) is 0 Å². The summed E-state index contributed by atoms with van der Waals surface area (Å²) in [7, 11) is 0. The lowest BCUT2D eigenvalue weighted by Gasteiger charge is -2.38. The van der Waals surface area contributed by atoms with Gasteiger partial charge in [-0.2, -0.15) is 4.98 Å². The largest absolute Gasteiger partial charge is 0.622 e. The first kappa shape index (κ1) is 21.1. The Morgan fingerprint density at radius 3 is 3.07 bits per heavy atom. The van der Waals surface area contributed by atoms with Crippen LogP contribution in [0.1, 0.15) is 23.7 Å². The number of quaternary nitrogens is 1. The van der Waals surface area contributed by atoms with Gasteiger partial charge < -0.3 is 9.94 Å². The van der Waals surface area contributed by atoms with Gasteiger partial charge >= 0.3 is 5.97 Å². The maximum absolute atomic E-state index is 14.0. The number of esters is 1. The molecular weight excluding hydrogens is 571 g/mol. The molecule has 1 fully saturated rings. The normalized spacial score (nSPS) is 22.3. The Balaban J connectivity index is 1.67. The van der Waals surface area contributed by atoms with Crippen LogP contribution in [0.25, 0.3) is 10.2 Å². The summed E-state index contributed by atoms with van der Waals surface area (Å²) in [5, 5.41) is 14.4. The van der Waals surface area contributed by atoms with E-state index in [1.165, 1.54) is 11.3 Å². The van der Waals surface area contributed by atoms with Crippen molar-refractivity contribution in [3.05, 3.63) is 55.5 Å². The number of hydroxylamine groups is 2. The Morgan fingerprint density at radius 2 is 2.31 bits per heavy atom. The van der Waals surface area contributed by atoms with Gasteiger partial charge in [-0.25, -0.2) is 14.7 Å². The maximum atomic E-state index is 14.0. The molecule has 4 rings (SSSR count). The van der Waals surface area contributed by atoms with Crippen molar-refractivity contribution in [1.29, 1.82) is 0 Å². The third-order valence-corrected chi connectivity index (χ3v) is 7.15. The van der Waals surface area contributed by atoms with Crippen LogP contribution in [-0.4, -0.2) is 46.8 Å². The standard InChI is InChI=1S/C19H18BrIN4O3S/c1-2-8-24-10-16(28-18(26)13-4-3-7-22-17(13)20)25(27,11-24)19-23-14-6-5-12(21)9-15(14)29-19/h3-7,9,16H,2,8,10-11H2,1H3. The number of aromatic nitrogens is 2. The van der Waals surface area contributed by atoms with Crippen LogP contribution in [0.4, 0.5) is 5.13 Å². The molecule has 1 aliphatic heterocycles. The number of hydrogen-bond donors (Lipinski definition) is 0. The van der Waals surface area contributed by atoms with Crippen LogP contribution >= 0.6 is 49.9 Å². The molecule has 0 bridgehead atoms. The second-order valence-corrected chi connectivity index (χ2v) is 9.83. The average molecular weight is 589 g/mol. The topological polar surface area (TPSA) is 78.4 Å². The summed E-state index contributed by atoms with van der Waals surface area (Å²) >= 11 is 6.87. The number of pyridine rings is 1. The Labute approximate surface area is 194 Å². The van der Waals surface area contributed by atoms with E-state index in [1.54, 1.807) is 18.3 Å². The Hall–Kier alpha value is -1.18. The van der Waals surface area contributed by atoms with Crippen molar-refractivity contribution >= 4 is 71.2 Å². The molecule has 1 aliphatic rings. The summed E-state index contributed by atoms with van der Waals surface area (Å²) in [4.78, 5) is 23.4. The third-order valence-electron chi connectivity index (χ3n) is 4.71. The minimum atomic E-state index is -0.888. The van der Waals surface area contributed by atoms with E-state index in [4.69, 9.17) is 4.74 Å². The van der Waals surface area contributed by atoms with E-state index in [-0.39, 0.29) is 6.67 Å². The van der Waals surface area contributed by atoms with Gasteiger partial charge in [0.2, 0.25) is 0 Å². The summed E-state index contributed by atoms with van der Waals surface area (Å²) in [6, 6.07) is 9.17. The van der Waals surface area contributed by atoms with Crippen molar-refractivity contribution in [3.8, 4) is 0 Å². The summed E-state index contributed by atoms with van der Waals surface area (Å²) in [6.07, 6.45) is 1.60. The Morgan fingerprint density at radius 1 is 1.48 bits per heavy atom. The van der Waals surface area contributed by atoms with Gasteiger partial charge in [0.15, 0.2) is 0 Å². The summed E-state index contributed by atoms with van der Waals surface area (Å²) in [6.45, 7) is 3.40. The fourth-order valence-electron chi connectivity index (χ4n) is 3.36. The highest BCUT2D eigenvalue weighted by Crippen LogP contribution is 2.38. The van der Waals surface area contributed by atoms with Crippen molar-refractivity contribution in [1.82, 2.24) is 19.5 Å². The van der Waals surface area contributed by atoms with Crippen molar-refractivity contribution in [2.75, 3.05) is 19.8 Å². The number of halogens is 2. The molecule has 2 unspecified atom stereocenters. The summed E-state index contributed by atoms with van der Waals surface area (Å²) in [5.41, 5.74) is 1.08. The van der Waals surface area contributed by atoms with Crippen LogP contribution in [0.3, 0.4) is 0 Å². The Bertz CT molecular complexity index is 1060. The molecule has 152 valence electrons. The molecule has 7 nitrogen and oxygen atoms in total. The molecule has 3 heterocycles. The number of ether oxygens (including phenoxy) is 1. The number of carbonyl (C=O) groups excluding carboxylic acids is 1. The maximum Gasteiger partial charge on any atom is 0.345 e. The minimum absolute atomic E-state index is 0.205. The quantitative estimate of drug-likeness (QED) is 0.141. The van der Waals surface area contributed by atoms with Crippen LogP contribution in [0.5, 0.6) is 0 Å². The second-order valence-electron chi connectivity index (χ2n) is 6.82. The van der Waals surface area contributed by atoms with Crippen molar-refractivity contribution in [2.24, 2.45) is 0 Å². The van der Waals surface area contributed by atoms with Crippen LogP contribution in [0.15, 0.2) is 41.1 Å².